The molecule has 0 aromatic carbocycles. The summed E-state index contributed by atoms with van der Waals surface area (Å²) >= 11 is 0. The van der Waals surface area contributed by atoms with Gasteiger partial charge in [0.2, 0.25) is 0 Å². The third-order valence-electron chi connectivity index (χ3n) is 12.8. The number of ether oxygens (including phenoxy) is 3. The summed E-state index contributed by atoms with van der Waals surface area (Å²) in [6, 6.07) is 0. The van der Waals surface area contributed by atoms with Gasteiger partial charge in [-0.1, -0.05) is 269 Å². The summed E-state index contributed by atoms with van der Waals surface area (Å²) in [4.78, 5) is 37.9. The van der Waals surface area contributed by atoms with Gasteiger partial charge in [0.05, 0.1) is 0 Å². The topological polar surface area (TPSA) is 78.9 Å². The van der Waals surface area contributed by atoms with E-state index in [1.54, 1.807) is 0 Å². The van der Waals surface area contributed by atoms with E-state index in [1.165, 1.54) is 64.2 Å². The molecule has 0 aliphatic heterocycles. The number of esters is 3. The summed E-state index contributed by atoms with van der Waals surface area (Å²) in [7, 11) is 0. The predicted octanol–water partition coefficient (Wildman–Crippen LogP) is 21.5. The smallest absolute Gasteiger partial charge is 0.306 e. The summed E-state index contributed by atoms with van der Waals surface area (Å²) < 4.78 is 16.7. The maximum Gasteiger partial charge on any atom is 0.306 e. The first-order chi connectivity index (χ1) is 38.0. The van der Waals surface area contributed by atoms with E-state index in [2.05, 4.69) is 167 Å². The summed E-state index contributed by atoms with van der Waals surface area (Å²) in [5.74, 6) is -0.922. The van der Waals surface area contributed by atoms with Gasteiger partial charge in [-0.05, 0) is 122 Å². The molecule has 1 atom stereocenters. The van der Waals surface area contributed by atoms with Crippen molar-refractivity contribution in [3.8, 4) is 0 Å². The van der Waals surface area contributed by atoms with Crippen LogP contribution in [-0.4, -0.2) is 37.2 Å². The largest absolute Gasteiger partial charge is 0.462 e. The molecule has 0 N–H and O–H groups in total. The van der Waals surface area contributed by atoms with Crippen LogP contribution >= 0.6 is 0 Å². The molecule has 6 heteroatoms. The molecule has 77 heavy (non-hydrogen) atoms. The van der Waals surface area contributed by atoms with Gasteiger partial charge < -0.3 is 14.2 Å². The Morgan fingerprint density at radius 2 is 0.506 bits per heavy atom. The highest BCUT2D eigenvalue weighted by Crippen LogP contribution is 2.15. The normalized spacial score (nSPS) is 13.1. The molecule has 0 aromatic rings. The molecule has 0 saturated carbocycles. The molecule has 0 amide bonds. The number of carbonyl (C=O) groups excluding carboxylic acids is 3. The molecule has 0 heterocycles. The third kappa shape index (κ3) is 62.0. The highest BCUT2D eigenvalue weighted by molar-refractivity contribution is 5.71. The highest BCUT2D eigenvalue weighted by Gasteiger charge is 2.19. The number of carbonyl (C=O) groups is 3. The summed E-state index contributed by atoms with van der Waals surface area (Å²) in [6.07, 6.45) is 91.8. The van der Waals surface area contributed by atoms with Crippen molar-refractivity contribution in [1.82, 2.24) is 0 Å². The minimum Gasteiger partial charge on any atom is -0.462 e. The van der Waals surface area contributed by atoms with Crippen LogP contribution in [0.4, 0.5) is 0 Å². The van der Waals surface area contributed by atoms with Crippen molar-refractivity contribution in [3.05, 3.63) is 146 Å². The lowest BCUT2D eigenvalue weighted by Crippen LogP contribution is -2.30. The van der Waals surface area contributed by atoms with Crippen molar-refractivity contribution < 1.29 is 28.6 Å². The van der Waals surface area contributed by atoms with E-state index in [9.17, 15) is 14.4 Å². The zero-order chi connectivity index (χ0) is 55.7. The minimum atomic E-state index is -0.788. The summed E-state index contributed by atoms with van der Waals surface area (Å²) in [5.41, 5.74) is 0. The lowest BCUT2D eigenvalue weighted by molar-refractivity contribution is -0.167. The van der Waals surface area contributed by atoms with Gasteiger partial charge >= 0.3 is 17.9 Å². The Bertz CT molecular complexity index is 1700. The van der Waals surface area contributed by atoms with Crippen LogP contribution in [0.15, 0.2) is 146 Å². The SMILES string of the molecule is CC/C=C\C/C=C\C/C=C\C/C=C\C/C=C\C/C=C\C/C=C\C/C=C\CCCCCCCCCCC(=O)OCC(COC(=O)CCCCCCC)OC(=O)CCCCCCCCCC/C=C\C/C=C\C/C=C\C/C=C\CC. The fraction of sp³-hybridized carbons (Fsp3) is 0.620. The molecule has 0 fully saturated rings. The van der Waals surface area contributed by atoms with E-state index in [1.807, 2.05) is 0 Å². The van der Waals surface area contributed by atoms with Gasteiger partial charge in [-0.3, -0.25) is 14.4 Å². The predicted molar refractivity (Wildman–Crippen MR) is 334 cm³/mol. The van der Waals surface area contributed by atoms with Crippen LogP contribution < -0.4 is 0 Å². The van der Waals surface area contributed by atoms with E-state index in [0.717, 1.165) is 161 Å². The quantitative estimate of drug-likeness (QED) is 0.0261. The fourth-order valence-electron chi connectivity index (χ4n) is 8.21. The summed E-state index contributed by atoms with van der Waals surface area (Å²) in [5, 5.41) is 0. The van der Waals surface area contributed by atoms with E-state index in [0.29, 0.717) is 19.3 Å². The molecule has 6 nitrogen and oxygen atoms in total. The van der Waals surface area contributed by atoms with Crippen molar-refractivity contribution in [3.63, 3.8) is 0 Å². The second-order valence-corrected chi connectivity index (χ2v) is 20.2. The van der Waals surface area contributed by atoms with E-state index < -0.39 is 6.10 Å². The van der Waals surface area contributed by atoms with Gasteiger partial charge in [0.25, 0.3) is 0 Å². The van der Waals surface area contributed by atoms with Crippen molar-refractivity contribution in [2.75, 3.05) is 13.2 Å². The van der Waals surface area contributed by atoms with Crippen LogP contribution in [0.25, 0.3) is 0 Å². The van der Waals surface area contributed by atoms with Crippen LogP contribution in [0, 0.1) is 0 Å². The van der Waals surface area contributed by atoms with Gasteiger partial charge in [-0.2, -0.15) is 0 Å². The molecule has 0 aliphatic rings. The maximum absolute atomic E-state index is 12.8. The lowest BCUT2D eigenvalue weighted by Gasteiger charge is -2.18. The third-order valence-corrected chi connectivity index (χ3v) is 12.8. The highest BCUT2D eigenvalue weighted by atomic mass is 16.6. The van der Waals surface area contributed by atoms with Crippen molar-refractivity contribution in [2.24, 2.45) is 0 Å². The first kappa shape index (κ1) is 72.3. The van der Waals surface area contributed by atoms with Gasteiger partial charge in [-0.15, -0.1) is 0 Å². The average molecular weight is 1060 g/mol. The Hall–Kier alpha value is -4.71. The van der Waals surface area contributed by atoms with E-state index >= 15 is 0 Å². The molecule has 0 radical (unpaired) electrons. The van der Waals surface area contributed by atoms with Crippen LogP contribution in [0.1, 0.15) is 265 Å². The Labute approximate surface area is 474 Å². The Balaban J connectivity index is 4.11. The van der Waals surface area contributed by atoms with Gasteiger partial charge in [0.15, 0.2) is 6.10 Å². The van der Waals surface area contributed by atoms with Crippen LogP contribution in [0.5, 0.6) is 0 Å². The second kappa shape index (κ2) is 63.8. The molecule has 434 valence electrons. The first-order valence-electron chi connectivity index (χ1n) is 31.3. The van der Waals surface area contributed by atoms with Gasteiger partial charge in [0, 0.05) is 19.3 Å². The Kier molecular flexibility index (Phi) is 59.9. The Morgan fingerprint density at radius 1 is 0.273 bits per heavy atom. The molecular weight excluding hydrogens is 949 g/mol. The number of allylic oxidation sites excluding steroid dienone is 24. The molecule has 0 spiro atoms. The Morgan fingerprint density at radius 3 is 0.792 bits per heavy atom. The molecule has 0 aromatic heterocycles. The molecule has 0 rings (SSSR count). The van der Waals surface area contributed by atoms with E-state index in [-0.39, 0.29) is 31.1 Å². The minimum absolute atomic E-state index is 0.0883. The van der Waals surface area contributed by atoms with E-state index in [4.69, 9.17) is 14.2 Å². The standard InChI is InChI=1S/C71H114O6/c1-4-7-10-13-15-17-19-21-23-25-27-29-30-31-32-33-34-35-36-37-38-39-40-42-43-45-47-49-51-53-55-58-61-64-70(73)76-67-68(66-75-69(72)63-60-57-12-9-6-3)77-71(74)65-62-59-56-54-52-50-48-46-44-41-28-26-24-22-20-18-16-14-11-8-5-2/h7-8,10-11,15-18,21-24,27-29,31-32,34-35,37-38,40-42,68H,4-6,9,12-14,19-20,25-26,30,33,36,39,43-67H2,1-3H3/b10-7-,11-8-,17-15-,18-16-,23-21-,24-22-,29-27-,32-31-,35-34-,38-37-,41-28-,42-40-. The van der Waals surface area contributed by atoms with Crippen molar-refractivity contribution in [2.45, 2.75) is 271 Å². The lowest BCUT2D eigenvalue weighted by atomic mass is 10.1. The fourth-order valence-corrected chi connectivity index (χ4v) is 8.21. The van der Waals surface area contributed by atoms with Gasteiger partial charge in [-0.25, -0.2) is 0 Å². The van der Waals surface area contributed by atoms with Crippen LogP contribution in [-0.2, 0) is 28.6 Å². The summed E-state index contributed by atoms with van der Waals surface area (Å²) in [6.45, 7) is 6.31. The zero-order valence-electron chi connectivity index (χ0n) is 49.7. The van der Waals surface area contributed by atoms with Crippen molar-refractivity contribution >= 4 is 17.9 Å². The second-order valence-electron chi connectivity index (χ2n) is 20.2. The number of rotatable bonds is 55. The number of hydrogen-bond donors (Lipinski definition) is 0. The van der Waals surface area contributed by atoms with Crippen LogP contribution in [0.2, 0.25) is 0 Å². The van der Waals surface area contributed by atoms with Crippen molar-refractivity contribution in [1.29, 1.82) is 0 Å². The molecule has 0 bridgehead atoms. The first-order valence-corrected chi connectivity index (χ1v) is 31.3. The molecule has 1 unspecified atom stereocenters. The van der Waals surface area contributed by atoms with Crippen LogP contribution in [0.3, 0.4) is 0 Å². The molecular formula is C71H114O6. The zero-order valence-corrected chi connectivity index (χ0v) is 49.7. The molecule has 0 saturated heterocycles. The molecule has 0 aliphatic carbocycles. The maximum atomic E-state index is 12.8. The number of unbranched alkanes of at least 4 members (excludes halogenated alkanes) is 20. The average Bonchev–Trinajstić information content (AvgIpc) is 3.43. The monoisotopic (exact) mass is 1060 g/mol. The number of hydrogen-bond acceptors (Lipinski definition) is 6. The van der Waals surface area contributed by atoms with Gasteiger partial charge in [0.1, 0.15) is 13.2 Å².